The molecule has 5 rings (SSSR count). The van der Waals surface area contributed by atoms with Crippen molar-refractivity contribution < 1.29 is 10.6 Å². The van der Waals surface area contributed by atoms with Gasteiger partial charge in [-0.25, -0.2) is 14.4 Å². The lowest BCUT2D eigenvalue weighted by Crippen LogP contribution is -2.37. The number of carbonyl (C=O) groups is 1. The lowest BCUT2D eigenvalue weighted by atomic mass is 9.95. The molecule has 1 amide bonds. The molecule has 0 saturated heterocycles. The molecule has 2 aromatic carbocycles. The number of fused-ring (bicyclic) bond motifs is 2. The molecule has 0 aliphatic heterocycles. The number of aromatic nitrogens is 2. The van der Waals surface area contributed by atoms with E-state index in [1.807, 2.05) is 44.2 Å². The number of anilines is 1. The Morgan fingerprint density at radius 3 is 2.56 bits per heavy atom. The van der Waals surface area contributed by atoms with Gasteiger partial charge < -0.3 is 10.2 Å². The second-order valence-corrected chi connectivity index (χ2v) is 9.87. The van der Waals surface area contributed by atoms with Crippen LogP contribution in [0.5, 0.6) is 0 Å². The van der Waals surface area contributed by atoms with Crippen LogP contribution in [0.15, 0.2) is 60.8 Å². The number of amides is 1. The molecule has 2 saturated carbocycles. The van der Waals surface area contributed by atoms with E-state index in [0.717, 1.165) is 17.9 Å². The normalized spacial score (nSPS) is 21.1. The molecule has 2 aliphatic carbocycles. The smallest absolute Gasteiger partial charge is 0.258 e. The van der Waals surface area contributed by atoms with Gasteiger partial charge in [-0.2, -0.15) is 0 Å². The molecule has 1 aromatic heterocycles. The lowest BCUT2D eigenvalue weighted by molar-refractivity contribution is 0.0690. The van der Waals surface area contributed by atoms with E-state index < -0.39 is 5.82 Å². The summed E-state index contributed by atoms with van der Waals surface area (Å²) < 4.78 is 14.9. The summed E-state index contributed by atoms with van der Waals surface area (Å²) in [6.45, 7) is 4.42. The molecule has 3 aromatic rings. The molecule has 0 radical (unpaired) electrons. The highest BCUT2D eigenvalue weighted by Crippen LogP contribution is 2.45. The van der Waals surface area contributed by atoms with Gasteiger partial charge in [0.2, 0.25) is 5.95 Å². The van der Waals surface area contributed by atoms with Gasteiger partial charge in [-0.3, -0.25) is 4.79 Å². The first kappa shape index (κ1) is 22.5. The van der Waals surface area contributed by atoms with Crippen LogP contribution in [0.1, 0.15) is 56.9 Å². The van der Waals surface area contributed by atoms with Gasteiger partial charge in [-0.05, 0) is 62.6 Å². The molecule has 34 heavy (non-hydrogen) atoms. The van der Waals surface area contributed by atoms with E-state index in [4.69, 9.17) is 4.98 Å². The van der Waals surface area contributed by atoms with E-state index in [1.54, 1.807) is 29.3 Å². The molecular weight excluding hydrogens is 427 g/mol. The molecule has 2 bridgehead atoms. The first-order valence-electron chi connectivity index (χ1n) is 12.2. The second-order valence-electron chi connectivity index (χ2n) is 9.87. The molecule has 2 fully saturated rings. The average Bonchev–Trinajstić information content (AvgIpc) is 3.46. The van der Waals surface area contributed by atoms with Crippen molar-refractivity contribution >= 4 is 11.9 Å². The van der Waals surface area contributed by atoms with Gasteiger partial charge in [0.05, 0.1) is 11.3 Å². The first-order valence-corrected chi connectivity index (χ1v) is 12.2. The van der Waals surface area contributed by atoms with Crippen LogP contribution in [0, 0.1) is 17.7 Å². The second kappa shape index (κ2) is 9.53. The number of hydrogen-bond donors (Lipinski definition) is 1. The SMILES string of the molecule is CC(C)N(Cc1ccccc1)C(=O)c1cnc(NC2CC3CCC2C3)nc1-c1ccccc1F.[HH]. The fraction of sp³-hybridized carbons (Fsp3) is 0.393. The van der Waals surface area contributed by atoms with E-state index in [0.29, 0.717) is 41.3 Å². The quantitative estimate of drug-likeness (QED) is 0.457. The van der Waals surface area contributed by atoms with Gasteiger partial charge in [0.15, 0.2) is 0 Å². The molecule has 5 nitrogen and oxygen atoms in total. The van der Waals surface area contributed by atoms with Crippen molar-refractivity contribution in [3.05, 3.63) is 77.7 Å². The monoisotopic (exact) mass is 460 g/mol. The van der Waals surface area contributed by atoms with Gasteiger partial charge in [0, 0.05) is 31.8 Å². The average molecular weight is 461 g/mol. The first-order chi connectivity index (χ1) is 16.5. The third-order valence-electron chi connectivity index (χ3n) is 7.28. The fourth-order valence-corrected chi connectivity index (χ4v) is 5.48. The largest absolute Gasteiger partial charge is 0.351 e. The molecule has 0 spiro atoms. The van der Waals surface area contributed by atoms with Crippen LogP contribution in [0.4, 0.5) is 10.3 Å². The summed E-state index contributed by atoms with van der Waals surface area (Å²) in [7, 11) is 0. The summed E-state index contributed by atoms with van der Waals surface area (Å²) in [6, 6.07) is 16.7. The van der Waals surface area contributed by atoms with E-state index in [9.17, 15) is 9.18 Å². The Bertz CT molecular complexity index is 1170. The summed E-state index contributed by atoms with van der Waals surface area (Å²) in [5.41, 5.74) is 2.00. The van der Waals surface area contributed by atoms with E-state index in [-0.39, 0.29) is 13.4 Å². The zero-order valence-electron chi connectivity index (χ0n) is 19.7. The van der Waals surface area contributed by atoms with Crippen LogP contribution in [0.3, 0.4) is 0 Å². The molecule has 1 heterocycles. The third-order valence-corrected chi connectivity index (χ3v) is 7.28. The Balaban J connectivity index is 0.00000289. The van der Waals surface area contributed by atoms with Crippen molar-refractivity contribution in [3.63, 3.8) is 0 Å². The Kier molecular flexibility index (Phi) is 6.31. The highest BCUT2D eigenvalue weighted by atomic mass is 19.1. The van der Waals surface area contributed by atoms with Crippen LogP contribution >= 0.6 is 0 Å². The third kappa shape index (κ3) is 4.54. The number of nitrogens with one attached hydrogen (secondary N) is 1. The molecule has 1 N–H and O–H groups in total. The van der Waals surface area contributed by atoms with Crippen LogP contribution in [0.25, 0.3) is 11.3 Å². The number of nitrogens with zero attached hydrogens (tertiary/aromatic N) is 3. The van der Waals surface area contributed by atoms with E-state index in [1.165, 1.54) is 25.3 Å². The number of benzene rings is 2. The van der Waals surface area contributed by atoms with Crippen LogP contribution in [-0.2, 0) is 6.54 Å². The van der Waals surface area contributed by atoms with Gasteiger partial charge in [0.25, 0.3) is 5.91 Å². The molecule has 2 aliphatic rings. The van der Waals surface area contributed by atoms with E-state index >= 15 is 0 Å². The Morgan fingerprint density at radius 2 is 1.88 bits per heavy atom. The topological polar surface area (TPSA) is 58.1 Å². The minimum atomic E-state index is -0.403. The molecule has 3 unspecified atom stereocenters. The number of hydrogen-bond acceptors (Lipinski definition) is 4. The van der Waals surface area contributed by atoms with Crippen molar-refractivity contribution in [3.8, 4) is 11.3 Å². The van der Waals surface area contributed by atoms with Crippen LogP contribution in [-0.4, -0.2) is 32.9 Å². The van der Waals surface area contributed by atoms with Crippen molar-refractivity contribution in [2.45, 2.75) is 58.2 Å². The lowest BCUT2D eigenvalue weighted by Gasteiger charge is -2.28. The molecule has 178 valence electrons. The van der Waals surface area contributed by atoms with Gasteiger partial charge in [0.1, 0.15) is 5.82 Å². The minimum Gasteiger partial charge on any atom is -0.351 e. The Morgan fingerprint density at radius 1 is 1.12 bits per heavy atom. The minimum absolute atomic E-state index is 0. The summed E-state index contributed by atoms with van der Waals surface area (Å²) in [5.74, 6) is 1.29. The highest BCUT2D eigenvalue weighted by molar-refractivity contribution is 6.00. The van der Waals surface area contributed by atoms with Crippen LogP contribution in [0.2, 0.25) is 0 Å². The fourth-order valence-electron chi connectivity index (χ4n) is 5.48. The predicted octanol–water partition coefficient (Wildman–Crippen LogP) is 6.18. The van der Waals surface area contributed by atoms with Gasteiger partial charge in [-0.1, -0.05) is 48.9 Å². The Labute approximate surface area is 201 Å². The van der Waals surface area contributed by atoms with Crippen molar-refractivity contribution in [2.24, 2.45) is 11.8 Å². The van der Waals surface area contributed by atoms with Crippen molar-refractivity contribution in [1.82, 2.24) is 14.9 Å². The maximum absolute atomic E-state index is 14.9. The number of halogens is 1. The Hall–Kier alpha value is -3.28. The zero-order valence-corrected chi connectivity index (χ0v) is 19.7. The predicted molar refractivity (Wildman–Crippen MR) is 134 cm³/mol. The molecule has 3 atom stereocenters. The summed E-state index contributed by atoms with van der Waals surface area (Å²) in [4.78, 5) is 24.8. The van der Waals surface area contributed by atoms with E-state index in [2.05, 4.69) is 10.3 Å². The molecular formula is C28H33FN4O. The number of carbonyl (C=O) groups excluding carboxylic acids is 1. The standard InChI is InChI=1S/C28H31FN4O.H2/c1-18(2)33(17-19-8-4-3-5-9-19)27(34)23-16-30-28(31-25-15-20-12-13-21(25)14-20)32-26(23)22-10-6-7-11-24(22)29;/h3-11,16,18,20-21,25H,12-15,17H2,1-2H3,(H,30,31,32);1H. The molecule has 6 heteroatoms. The van der Waals surface area contributed by atoms with Gasteiger partial charge >= 0.3 is 0 Å². The highest BCUT2D eigenvalue weighted by Gasteiger charge is 2.40. The van der Waals surface area contributed by atoms with Gasteiger partial charge in [-0.15, -0.1) is 0 Å². The van der Waals surface area contributed by atoms with Crippen molar-refractivity contribution in [1.29, 1.82) is 0 Å². The summed E-state index contributed by atoms with van der Waals surface area (Å²) >= 11 is 0. The maximum Gasteiger partial charge on any atom is 0.258 e. The number of rotatable bonds is 7. The zero-order chi connectivity index (χ0) is 23.7. The van der Waals surface area contributed by atoms with Crippen LogP contribution < -0.4 is 5.32 Å². The van der Waals surface area contributed by atoms with Crippen molar-refractivity contribution in [2.75, 3.05) is 5.32 Å². The summed E-state index contributed by atoms with van der Waals surface area (Å²) in [5, 5.41) is 3.49. The maximum atomic E-state index is 14.9. The summed E-state index contributed by atoms with van der Waals surface area (Å²) in [6.07, 6.45) is 6.50.